The van der Waals surface area contributed by atoms with Crippen molar-refractivity contribution in [2.24, 2.45) is 0 Å². The Morgan fingerprint density at radius 1 is 1.50 bits per heavy atom. The van der Waals surface area contributed by atoms with Crippen molar-refractivity contribution >= 4 is 17.4 Å². The Morgan fingerprint density at radius 3 is 3.06 bits per heavy atom. The van der Waals surface area contributed by atoms with E-state index in [1.165, 1.54) is 0 Å². The molecule has 5 nitrogen and oxygen atoms in total. The summed E-state index contributed by atoms with van der Waals surface area (Å²) in [5.74, 6) is -0.456. The molecule has 1 heterocycles. The predicted octanol–water partition coefficient (Wildman–Crippen LogP) is 1.08. The first-order valence-electron chi connectivity index (χ1n) is 4.84. The molecule has 0 atom stereocenters. The van der Waals surface area contributed by atoms with Gasteiger partial charge in [0, 0.05) is 13.2 Å². The van der Waals surface area contributed by atoms with Crippen molar-refractivity contribution < 1.29 is 14.2 Å². The van der Waals surface area contributed by atoms with Crippen molar-refractivity contribution in [2.75, 3.05) is 31.7 Å². The van der Waals surface area contributed by atoms with E-state index in [1.807, 2.05) is 0 Å². The summed E-state index contributed by atoms with van der Waals surface area (Å²) in [4.78, 5) is 7.19. The van der Waals surface area contributed by atoms with Gasteiger partial charge in [0.15, 0.2) is 11.6 Å². The topological polar surface area (TPSA) is 67.3 Å². The summed E-state index contributed by atoms with van der Waals surface area (Å²) in [6, 6.07) is 0. The quantitative estimate of drug-likeness (QED) is 0.559. The third kappa shape index (κ3) is 4.69. The normalized spacial score (nSPS) is 10.4. The Morgan fingerprint density at radius 2 is 2.31 bits per heavy atom. The van der Waals surface area contributed by atoms with E-state index in [1.54, 1.807) is 0 Å². The van der Waals surface area contributed by atoms with Crippen LogP contribution < -0.4 is 5.32 Å². The van der Waals surface area contributed by atoms with Crippen LogP contribution >= 0.6 is 11.6 Å². The number of rotatable bonds is 7. The maximum absolute atomic E-state index is 13.1. The smallest absolute Gasteiger partial charge is 0.224 e. The molecule has 1 aromatic rings. The molecule has 16 heavy (non-hydrogen) atoms. The number of nitrogens with one attached hydrogen (secondary N) is 1. The summed E-state index contributed by atoms with van der Waals surface area (Å²) in [5.41, 5.74) is 0. The van der Waals surface area contributed by atoms with Gasteiger partial charge in [0.2, 0.25) is 5.28 Å². The zero-order chi connectivity index (χ0) is 11.8. The number of ether oxygens (including phenoxy) is 1. The molecule has 0 fully saturated rings. The fourth-order valence-corrected chi connectivity index (χ4v) is 1.15. The first-order chi connectivity index (χ1) is 7.74. The van der Waals surface area contributed by atoms with Gasteiger partial charge >= 0.3 is 0 Å². The van der Waals surface area contributed by atoms with Crippen LogP contribution in [0.1, 0.15) is 6.42 Å². The summed E-state index contributed by atoms with van der Waals surface area (Å²) in [6.45, 7) is 1.32. The Hall–Kier alpha value is -0.980. The van der Waals surface area contributed by atoms with Crippen molar-refractivity contribution in [2.45, 2.75) is 6.42 Å². The van der Waals surface area contributed by atoms with Gasteiger partial charge < -0.3 is 15.2 Å². The number of halogens is 2. The summed E-state index contributed by atoms with van der Waals surface area (Å²) >= 11 is 5.52. The number of aliphatic hydroxyl groups is 1. The van der Waals surface area contributed by atoms with Gasteiger partial charge in [0.1, 0.15) is 0 Å². The van der Waals surface area contributed by atoms with Gasteiger partial charge in [-0.3, -0.25) is 0 Å². The number of nitrogens with zero attached hydrogens (tertiary/aromatic N) is 2. The molecule has 0 amide bonds. The van der Waals surface area contributed by atoms with E-state index in [0.717, 1.165) is 6.20 Å². The second-order valence-corrected chi connectivity index (χ2v) is 3.29. The molecule has 0 radical (unpaired) electrons. The highest BCUT2D eigenvalue weighted by atomic mass is 35.5. The van der Waals surface area contributed by atoms with Crippen LogP contribution in [0.15, 0.2) is 6.20 Å². The van der Waals surface area contributed by atoms with E-state index in [-0.39, 0.29) is 17.7 Å². The van der Waals surface area contributed by atoms with Crippen molar-refractivity contribution in [3.8, 4) is 0 Å². The molecular weight excluding hydrogens is 237 g/mol. The lowest BCUT2D eigenvalue weighted by Crippen LogP contribution is -2.10. The first kappa shape index (κ1) is 13.1. The second kappa shape index (κ2) is 7.32. The molecule has 90 valence electrons. The molecule has 0 bridgehead atoms. The fraction of sp³-hybridized carbons (Fsp3) is 0.556. The highest BCUT2D eigenvalue weighted by Crippen LogP contribution is 2.11. The van der Waals surface area contributed by atoms with Crippen LogP contribution in [0.4, 0.5) is 10.2 Å². The number of anilines is 1. The van der Waals surface area contributed by atoms with Crippen molar-refractivity contribution in [1.82, 2.24) is 9.97 Å². The van der Waals surface area contributed by atoms with Crippen LogP contribution in [0.2, 0.25) is 5.28 Å². The van der Waals surface area contributed by atoms with Crippen LogP contribution in [0.5, 0.6) is 0 Å². The van der Waals surface area contributed by atoms with E-state index in [2.05, 4.69) is 15.3 Å². The minimum absolute atomic E-state index is 0.000399. The van der Waals surface area contributed by atoms with E-state index in [0.29, 0.717) is 26.2 Å². The molecule has 2 N–H and O–H groups in total. The van der Waals surface area contributed by atoms with Gasteiger partial charge in [0.05, 0.1) is 19.4 Å². The SMILES string of the molecule is OCCOCCCNc1nc(Cl)ncc1F. The van der Waals surface area contributed by atoms with Gasteiger partial charge in [-0.15, -0.1) is 0 Å². The average Bonchev–Trinajstić information content (AvgIpc) is 2.28. The highest BCUT2D eigenvalue weighted by Gasteiger charge is 2.04. The first-order valence-corrected chi connectivity index (χ1v) is 5.22. The van der Waals surface area contributed by atoms with Crippen LogP contribution in [-0.4, -0.2) is 41.4 Å². The molecule has 0 saturated carbocycles. The number of aliphatic hydroxyl groups excluding tert-OH is 1. The summed E-state index contributed by atoms with van der Waals surface area (Å²) in [7, 11) is 0. The molecule has 7 heteroatoms. The largest absolute Gasteiger partial charge is 0.394 e. The lowest BCUT2D eigenvalue weighted by Gasteiger charge is -2.06. The van der Waals surface area contributed by atoms with Crippen molar-refractivity contribution in [1.29, 1.82) is 0 Å². The fourth-order valence-electron chi connectivity index (χ4n) is 1.02. The van der Waals surface area contributed by atoms with Gasteiger partial charge in [0.25, 0.3) is 0 Å². The van der Waals surface area contributed by atoms with Crippen molar-refractivity contribution in [3.05, 3.63) is 17.3 Å². The molecule has 1 rings (SSSR count). The van der Waals surface area contributed by atoms with Crippen molar-refractivity contribution in [3.63, 3.8) is 0 Å². The Bertz CT molecular complexity index is 328. The maximum atomic E-state index is 13.1. The molecule has 1 aromatic heterocycles. The minimum Gasteiger partial charge on any atom is -0.394 e. The van der Waals surface area contributed by atoms with Gasteiger partial charge in [-0.05, 0) is 18.0 Å². The number of hydrogen-bond donors (Lipinski definition) is 2. The van der Waals surface area contributed by atoms with Crippen LogP contribution in [0.3, 0.4) is 0 Å². The third-order valence-electron chi connectivity index (χ3n) is 1.71. The lowest BCUT2D eigenvalue weighted by atomic mass is 10.4. The number of hydrogen-bond acceptors (Lipinski definition) is 5. The minimum atomic E-state index is -0.541. The molecule has 0 aliphatic carbocycles. The molecule has 0 spiro atoms. The molecule has 0 aliphatic rings. The Kier molecular flexibility index (Phi) is 5.99. The Labute approximate surface area is 97.6 Å². The van der Waals surface area contributed by atoms with Crippen LogP contribution in [0.25, 0.3) is 0 Å². The average molecular weight is 250 g/mol. The highest BCUT2D eigenvalue weighted by molar-refractivity contribution is 6.28. The number of aromatic nitrogens is 2. The Balaban J connectivity index is 2.23. The standard InChI is InChI=1S/C9H13ClFN3O2/c10-9-13-6-7(11)8(14-9)12-2-1-4-16-5-3-15/h6,15H,1-5H2,(H,12,13,14). The van der Waals surface area contributed by atoms with E-state index in [4.69, 9.17) is 21.4 Å². The molecular formula is C9H13ClFN3O2. The zero-order valence-corrected chi connectivity index (χ0v) is 9.37. The molecule has 0 aromatic carbocycles. The van der Waals surface area contributed by atoms with Crippen LogP contribution in [0, 0.1) is 5.82 Å². The lowest BCUT2D eigenvalue weighted by molar-refractivity contribution is 0.0921. The zero-order valence-electron chi connectivity index (χ0n) is 8.62. The van der Waals surface area contributed by atoms with Gasteiger partial charge in [-0.2, -0.15) is 4.98 Å². The molecule has 0 unspecified atom stereocenters. The summed E-state index contributed by atoms with van der Waals surface area (Å²) in [5, 5.41) is 11.2. The summed E-state index contributed by atoms with van der Waals surface area (Å²) < 4.78 is 18.1. The molecule has 0 aliphatic heterocycles. The third-order valence-corrected chi connectivity index (χ3v) is 1.89. The predicted molar refractivity (Wildman–Crippen MR) is 58.0 cm³/mol. The van der Waals surface area contributed by atoms with Gasteiger partial charge in [-0.25, -0.2) is 9.37 Å². The molecule has 0 saturated heterocycles. The van der Waals surface area contributed by atoms with Gasteiger partial charge in [-0.1, -0.05) is 0 Å². The summed E-state index contributed by atoms with van der Waals surface area (Å²) in [6.07, 6.45) is 1.70. The van der Waals surface area contributed by atoms with E-state index in [9.17, 15) is 4.39 Å². The van der Waals surface area contributed by atoms with E-state index >= 15 is 0 Å². The monoisotopic (exact) mass is 249 g/mol. The maximum Gasteiger partial charge on any atom is 0.224 e. The van der Waals surface area contributed by atoms with Crippen LogP contribution in [-0.2, 0) is 4.74 Å². The van der Waals surface area contributed by atoms with E-state index < -0.39 is 5.82 Å². The second-order valence-electron chi connectivity index (χ2n) is 2.95.